The molecule has 1 fully saturated rings. The van der Waals surface area contributed by atoms with Gasteiger partial charge in [0, 0.05) is 29.9 Å². The zero-order chi connectivity index (χ0) is 15.4. The van der Waals surface area contributed by atoms with Gasteiger partial charge in [0.2, 0.25) is 0 Å². The summed E-state index contributed by atoms with van der Waals surface area (Å²) in [5, 5.41) is 4.98. The third kappa shape index (κ3) is 4.49. The molecule has 2 heterocycles. The molecule has 2 unspecified atom stereocenters. The van der Waals surface area contributed by atoms with E-state index in [1.807, 2.05) is 11.3 Å². The van der Waals surface area contributed by atoms with E-state index in [-0.39, 0.29) is 0 Å². The molecule has 21 heavy (non-hydrogen) atoms. The van der Waals surface area contributed by atoms with Crippen molar-refractivity contribution in [1.82, 2.24) is 20.1 Å². The predicted molar refractivity (Wildman–Crippen MR) is 91.3 cm³/mol. The van der Waals surface area contributed by atoms with Gasteiger partial charge in [-0.05, 0) is 54.0 Å². The first-order valence-corrected chi connectivity index (χ1v) is 8.88. The number of aromatic nitrogens is 1. The Morgan fingerprint density at radius 1 is 1.33 bits per heavy atom. The van der Waals surface area contributed by atoms with Crippen molar-refractivity contribution in [1.29, 1.82) is 0 Å². The summed E-state index contributed by atoms with van der Waals surface area (Å²) in [5.74, 6) is 0. The SMILES string of the molecule is CCNC(Cc1nc(C)c(C)s1)C1CN(C)CCCN1C. The minimum Gasteiger partial charge on any atom is -0.312 e. The van der Waals surface area contributed by atoms with Crippen molar-refractivity contribution in [2.45, 2.75) is 45.7 Å². The van der Waals surface area contributed by atoms with Gasteiger partial charge < -0.3 is 15.1 Å². The Hall–Kier alpha value is -0.490. The van der Waals surface area contributed by atoms with Crippen molar-refractivity contribution in [3.8, 4) is 0 Å². The first kappa shape index (κ1) is 16.9. The maximum absolute atomic E-state index is 4.74. The maximum atomic E-state index is 4.74. The van der Waals surface area contributed by atoms with Crippen molar-refractivity contribution < 1.29 is 0 Å². The van der Waals surface area contributed by atoms with E-state index < -0.39 is 0 Å². The van der Waals surface area contributed by atoms with E-state index in [2.05, 4.69) is 50.0 Å². The van der Waals surface area contributed by atoms with E-state index >= 15 is 0 Å². The number of hydrogen-bond donors (Lipinski definition) is 1. The zero-order valence-corrected chi connectivity index (χ0v) is 15.0. The lowest BCUT2D eigenvalue weighted by Gasteiger charge is -2.34. The predicted octanol–water partition coefficient (Wildman–Crippen LogP) is 1.92. The molecule has 1 saturated heterocycles. The fourth-order valence-electron chi connectivity index (χ4n) is 3.16. The lowest BCUT2D eigenvalue weighted by molar-refractivity contribution is 0.178. The Morgan fingerprint density at radius 3 is 2.71 bits per heavy atom. The van der Waals surface area contributed by atoms with Crippen molar-refractivity contribution in [2.75, 3.05) is 40.3 Å². The van der Waals surface area contributed by atoms with Crippen molar-refractivity contribution in [3.63, 3.8) is 0 Å². The molecule has 0 radical (unpaired) electrons. The molecule has 1 aromatic rings. The quantitative estimate of drug-likeness (QED) is 0.900. The summed E-state index contributed by atoms with van der Waals surface area (Å²) in [4.78, 5) is 11.1. The summed E-state index contributed by atoms with van der Waals surface area (Å²) in [5.41, 5.74) is 1.19. The topological polar surface area (TPSA) is 31.4 Å². The van der Waals surface area contributed by atoms with Crippen LogP contribution in [0.25, 0.3) is 0 Å². The lowest BCUT2D eigenvalue weighted by atomic mass is 10.0. The minimum atomic E-state index is 0.477. The Kier molecular flexibility index (Phi) is 6.17. The second kappa shape index (κ2) is 7.68. The van der Waals surface area contributed by atoms with Crippen molar-refractivity contribution >= 4 is 11.3 Å². The fourth-order valence-corrected chi connectivity index (χ4v) is 4.15. The van der Waals surface area contributed by atoms with E-state index in [1.165, 1.54) is 35.1 Å². The molecule has 2 atom stereocenters. The highest BCUT2D eigenvalue weighted by molar-refractivity contribution is 7.11. The van der Waals surface area contributed by atoms with Gasteiger partial charge in [-0.2, -0.15) is 0 Å². The van der Waals surface area contributed by atoms with Gasteiger partial charge in [0.25, 0.3) is 0 Å². The van der Waals surface area contributed by atoms with E-state index in [0.717, 1.165) is 19.5 Å². The molecular weight excluding hydrogens is 280 g/mol. The third-order valence-electron chi connectivity index (χ3n) is 4.51. The highest BCUT2D eigenvalue weighted by Gasteiger charge is 2.28. The minimum absolute atomic E-state index is 0.477. The van der Waals surface area contributed by atoms with E-state index in [0.29, 0.717) is 12.1 Å². The Labute approximate surface area is 133 Å². The molecule has 0 bridgehead atoms. The average Bonchev–Trinajstić information content (AvgIpc) is 2.63. The number of thiazole rings is 1. The summed E-state index contributed by atoms with van der Waals surface area (Å²) in [6, 6.07) is 1.03. The number of aryl methyl sites for hydroxylation is 2. The summed E-state index contributed by atoms with van der Waals surface area (Å²) in [6.45, 7) is 11.0. The highest BCUT2D eigenvalue weighted by Crippen LogP contribution is 2.20. The van der Waals surface area contributed by atoms with Crippen molar-refractivity contribution in [2.24, 2.45) is 0 Å². The summed E-state index contributed by atoms with van der Waals surface area (Å²) < 4.78 is 0. The van der Waals surface area contributed by atoms with Gasteiger partial charge in [0.1, 0.15) is 0 Å². The van der Waals surface area contributed by atoms with Gasteiger partial charge in [-0.1, -0.05) is 6.92 Å². The lowest BCUT2D eigenvalue weighted by Crippen LogP contribution is -2.53. The number of rotatable bonds is 5. The van der Waals surface area contributed by atoms with Gasteiger partial charge in [0.05, 0.1) is 10.7 Å². The Bertz CT molecular complexity index is 426. The van der Waals surface area contributed by atoms with Crippen LogP contribution in [0.1, 0.15) is 28.9 Å². The van der Waals surface area contributed by atoms with Gasteiger partial charge in [-0.15, -0.1) is 11.3 Å². The Balaban J connectivity index is 2.12. The van der Waals surface area contributed by atoms with E-state index in [1.54, 1.807) is 0 Å². The molecule has 0 amide bonds. The molecule has 120 valence electrons. The number of nitrogens with one attached hydrogen (secondary N) is 1. The largest absolute Gasteiger partial charge is 0.312 e. The molecule has 0 saturated carbocycles. The second-order valence-electron chi connectivity index (χ2n) is 6.28. The fraction of sp³-hybridized carbons (Fsp3) is 0.812. The number of hydrogen-bond acceptors (Lipinski definition) is 5. The molecule has 0 aliphatic carbocycles. The van der Waals surface area contributed by atoms with Crippen LogP contribution in [0.3, 0.4) is 0 Å². The maximum Gasteiger partial charge on any atom is 0.0947 e. The van der Waals surface area contributed by atoms with E-state index in [4.69, 9.17) is 4.98 Å². The molecule has 1 aromatic heterocycles. The van der Waals surface area contributed by atoms with E-state index in [9.17, 15) is 0 Å². The summed E-state index contributed by atoms with van der Waals surface area (Å²) in [7, 11) is 4.51. The first-order valence-electron chi connectivity index (χ1n) is 8.06. The van der Waals surface area contributed by atoms with Gasteiger partial charge in [-0.25, -0.2) is 4.98 Å². The molecule has 1 aliphatic rings. The number of nitrogens with zero attached hydrogens (tertiary/aromatic N) is 3. The highest BCUT2D eigenvalue weighted by atomic mass is 32.1. The van der Waals surface area contributed by atoms with Gasteiger partial charge >= 0.3 is 0 Å². The molecule has 1 aliphatic heterocycles. The van der Waals surface area contributed by atoms with Crippen LogP contribution >= 0.6 is 11.3 Å². The van der Waals surface area contributed by atoms with Gasteiger partial charge in [-0.3, -0.25) is 0 Å². The average molecular weight is 311 g/mol. The molecule has 2 rings (SSSR count). The Morgan fingerprint density at radius 2 is 2.10 bits per heavy atom. The summed E-state index contributed by atoms with van der Waals surface area (Å²) in [6.07, 6.45) is 2.30. The molecule has 1 N–H and O–H groups in total. The van der Waals surface area contributed by atoms with Crippen LogP contribution < -0.4 is 5.32 Å². The molecular formula is C16H30N4S. The molecule has 4 nitrogen and oxygen atoms in total. The zero-order valence-electron chi connectivity index (χ0n) is 14.1. The van der Waals surface area contributed by atoms with Crippen LogP contribution in [0, 0.1) is 13.8 Å². The van der Waals surface area contributed by atoms with Crippen LogP contribution in [0.5, 0.6) is 0 Å². The van der Waals surface area contributed by atoms with Crippen LogP contribution in [-0.4, -0.2) is 67.1 Å². The molecule has 0 aromatic carbocycles. The van der Waals surface area contributed by atoms with Crippen LogP contribution in [-0.2, 0) is 6.42 Å². The third-order valence-corrected chi connectivity index (χ3v) is 5.61. The molecule has 5 heteroatoms. The second-order valence-corrected chi connectivity index (χ2v) is 7.57. The normalized spacial score (nSPS) is 23.2. The van der Waals surface area contributed by atoms with Gasteiger partial charge in [0.15, 0.2) is 0 Å². The van der Waals surface area contributed by atoms with Crippen LogP contribution in [0.15, 0.2) is 0 Å². The smallest absolute Gasteiger partial charge is 0.0947 e. The summed E-state index contributed by atoms with van der Waals surface area (Å²) >= 11 is 1.86. The monoisotopic (exact) mass is 310 g/mol. The van der Waals surface area contributed by atoms with Crippen molar-refractivity contribution in [3.05, 3.63) is 15.6 Å². The number of likely N-dealkylation sites (N-methyl/N-ethyl adjacent to an activating group) is 3. The first-order chi connectivity index (χ1) is 10.0. The van der Waals surface area contributed by atoms with Crippen LogP contribution in [0.4, 0.5) is 0 Å². The molecule has 0 spiro atoms. The standard InChI is InChI=1S/C16H30N4S/c1-6-17-14(10-16-18-12(2)13(3)21-16)15-11-19(4)8-7-9-20(15)5/h14-15,17H,6-11H2,1-5H3. The van der Waals surface area contributed by atoms with Crippen LogP contribution in [0.2, 0.25) is 0 Å².